The number of aromatic nitrogens is 1. The third kappa shape index (κ3) is 1.67. The first-order chi connectivity index (χ1) is 8.16. The summed E-state index contributed by atoms with van der Waals surface area (Å²) in [5.74, 6) is 0. The number of rotatable bonds is 1. The van der Waals surface area contributed by atoms with Gasteiger partial charge >= 0.3 is 0 Å². The summed E-state index contributed by atoms with van der Waals surface area (Å²) in [5, 5.41) is 1.99. The number of pyridine rings is 1. The summed E-state index contributed by atoms with van der Waals surface area (Å²) in [6.45, 7) is 0. The molecule has 0 atom stereocenters. The maximum atomic E-state index is 6.51. The average molecular weight is 247 g/mol. The number of hydrogen-bond donors (Lipinski definition) is 0. The van der Waals surface area contributed by atoms with Crippen molar-refractivity contribution in [2.45, 2.75) is 19.3 Å². The highest BCUT2D eigenvalue weighted by Crippen LogP contribution is 2.34. The summed E-state index contributed by atoms with van der Waals surface area (Å²) >= 11 is 6.51. The first kappa shape index (κ1) is 10.8. The fourth-order valence-electron chi connectivity index (χ4n) is 2.47. The van der Waals surface area contributed by atoms with Gasteiger partial charge in [0, 0.05) is 30.9 Å². The Morgan fingerprint density at radius 1 is 1.24 bits per heavy atom. The van der Waals surface area contributed by atoms with Gasteiger partial charge in [-0.1, -0.05) is 11.6 Å². The van der Waals surface area contributed by atoms with Crippen LogP contribution in [0.1, 0.15) is 17.7 Å². The first-order valence-corrected chi connectivity index (χ1v) is 6.33. The first-order valence-electron chi connectivity index (χ1n) is 5.95. The molecule has 0 amide bonds. The summed E-state index contributed by atoms with van der Waals surface area (Å²) in [6.07, 6.45) is 3.32. The largest absolute Gasteiger partial charge is 0.378 e. The Hall–Kier alpha value is -1.28. The second-order valence-corrected chi connectivity index (χ2v) is 5.18. The molecule has 0 unspecified atom stereocenters. The van der Waals surface area contributed by atoms with Crippen molar-refractivity contribution >= 4 is 28.2 Å². The van der Waals surface area contributed by atoms with Crippen LogP contribution in [0.3, 0.4) is 0 Å². The third-order valence-electron chi connectivity index (χ3n) is 3.44. The highest BCUT2D eigenvalue weighted by molar-refractivity contribution is 6.36. The van der Waals surface area contributed by atoms with Crippen molar-refractivity contribution in [2.24, 2.45) is 0 Å². The minimum absolute atomic E-state index is 0.909. The van der Waals surface area contributed by atoms with E-state index in [0.29, 0.717) is 0 Å². The highest BCUT2D eigenvalue weighted by Gasteiger charge is 2.18. The molecule has 0 N–H and O–H groups in total. The minimum atomic E-state index is 0.909. The topological polar surface area (TPSA) is 16.1 Å². The van der Waals surface area contributed by atoms with Crippen molar-refractivity contribution in [3.8, 4) is 0 Å². The molecule has 0 radical (unpaired) electrons. The molecular formula is C14H15ClN2. The van der Waals surface area contributed by atoms with Gasteiger partial charge in [0.15, 0.2) is 0 Å². The number of anilines is 1. The van der Waals surface area contributed by atoms with Crippen molar-refractivity contribution < 1.29 is 0 Å². The SMILES string of the molecule is CN(C)c1ccc2nc3c(c(Cl)c2c1)CCC3. The van der Waals surface area contributed by atoms with Crippen LogP contribution in [-0.2, 0) is 12.8 Å². The Morgan fingerprint density at radius 2 is 2.06 bits per heavy atom. The normalized spacial score (nSPS) is 14.1. The van der Waals surface area contributed by atoms with Gasteiger partial charge in [0.25, 0.3) is 0 Å². The van der Waals surface area contributed by atoms with Crippen LogP contribution in [-0.4, -0.2) is 19.1 Å². The van der Waals surface area contributed by atoms with Gasteiger partial charge < -0.3 is 4.90 Å². The van der Waals surface area contributed by atoms with E-state index in [-0.39, 0.29) is 0 Å². The Morgan fingerprint density at radius 3 is 2.82 bits per heavy atom. The molecule has 1 aromatic heterocycles. The molecule has 1 aromatic carbocycles. The maximum absolute atomic E-state index is 6.51. The second-order valence-electron chi connectivity index (χ2n) is 4.80. The maximum Gasteiger partial charge on any atom is 0.0722 e. The quantitative estimate of drug-likeness (QED) is 0.766. The predicted molar refractivity (Wildman–Crippen MR) is 73.1 cm³/mol. The van der Waals surface area contributed by atoms with Crippen molar-refractivity contribution in [1.82, 2.24) is 4.98 Å². The van der Waals surface area contributed by atoms with Crippen LogP contribution in [0, 0.1) is 0 Å². The van der Waals surface area contributed by atoms with Crippen molar-refractivity contribution in [1.29, 1.82) is 0 Å². The highest BCUT2D eigenvalue weighted by atomic mass is 35.5. The lowest BCUT2D eigenvalue weighted by atomic mass is 10.1. The fourth-order valence-corrected chi connectivity index (χ4v) is 2.83. The van der Waals surface area contributed by atoms with E-state index in [4.69, 9.17) is 16.6 Å². The molecular weight excluding hydrogens is 232 g/mol. The summed E-state index contributed by atoms with van der Waals surface area (Å²) in [5.41, 5.74) is 4.63. The van der Waals surface area contributed by atoms with Gasteiger partial charge in [-0.05, 0) is 43.0 Å². The van der Waals surface area contributed by atoms with E-state index in [0.717, 1.165) is 28.8 Å². The summed E-state index contributed by atoms with van der Waals surface area (Å²) < 4.78 is 0. The number of aryl methyl sites for hydroxylation is 1. The molecule has 0 spiro atoms. The van der Waals surface area contributed by atoms with Gasteiger partial charge in [0.1, 0.15) is 0 Å². The van der Waals surface area contributed by atoms with Crippen molar-refractivity contribution in [3.05, 3.63) is 34.5 Å². The smallest absolute Gasteiger partial charge is 0.0722 e. The van der Waals surface area contributed by atoms with E-state index in [2.05, 4.69) is 23.1 Å². The zero-order chi connectivity index (χ0) is 12.0. The van der Waals surface area contributed by atoms with Gasteiger partial charge in [-0.15, -0.1) is 0 Å². The van der Waals surface area contributed by atoms with Gasteiger partial charge in [-0.25, -0.2) is 0 Å². The molecule has 88 valence electrons. The molecule has 0 saturated carbocycles. The molecule has 0 fully saturated rings. The van der Waals surface area contributed by atoms with Crippen LogP contribution in [0.2, 0.25) is 5.02 Å². The molecule has 3 rings (SSSR count). The van der Waals surface area contributed by atoms with E-state index >= 15 is 0 Å². The molecule has 2 nitrogen and oxygen atoms in total. The van der Waals surface area contributed by atoms with Gasteiger partial charge in [-0.2, -0.15) is 0 Å². The predicted octanol–water partition coefficient (Wildman–Crippen LogP) is 3.44. The lowest BCUT2D eigenvalue weighted by Gasteiger charge is -2.14. The Balaban J connectivity index is 2.29. The molecule has 17 heavy (non-hydrogen) atoms. The minimum Gasteiger partial charge on any atom is -0.378 e. The molecule has 0 bridgehead atoms. The van der Waals surface area contributed by atoms with E-state index in [9.17, 15) is 0 Å². The standard InChI is InChI=1S/C14H15ClN2/c1-17(2)9-6-7-13-11(8-9)14(15)10-4-3-5-12(10)16-13/h6-8H,3-5H2,1-2H3. The zero-order valence-electron chi connectivity index (χ0n) is 10.1. The van der Waals surface area contributed by atoms with Crippen LogP contribution in [0.5, 0.6) is 0 Å². The number of halogens is 1. The molecule has 0 aliphatic heterocycles. The Kier molecular flexibility index (Phi) is 2.48. The van der Waals surface area contributed by atoms with Crippen LogP contribution < -0.4 is 4.90 Å². The van der Waals surface area contributed by atoms with Crippen LogP contribution in [0.15, 0.2) is 18.2 Å². The van der Waals surface area contributed by atoms with E-state index in [1.54, 1.807) is 0 Å². The number of nitrogens with zero attached hydrogens (tertiary/aromatic N) is 2. The summed E-state index contributed by atoms with van der Waals surface area (Å²) in [7, 11) is 4.08. The zero-order valence-corrected chi connectivity index (χ0v) is 10.9. The summed E-state index contributed by atoms with van der Waals surface area (Å²) in [6, 6.07) is 6.28. The molecule has 1 aliphatic rings. The van der Waals surface area contributed by atoms with E-state index in [1.165, 1.54) is 23.4 Å². The number of benzene rings is 1. The van der Waals surface area contributed by atoms with Crippen molar-refractivity contribution in [2.75, 3.05) is 19.0 Å². The monoisotopic (exact) mass is 246 g/mol. The second kappa shape index (κ2) is 3.88. The summed E-state index contributed by atoms with van der Waals surface area (Å²) in [4.78, 5) is 6.80. The van der Waals surface area contributed by atoms with Crippen LogP contribution in [0.25, 0.3) is 10.9 Å². The third-order valence-corrected chi connectivity index (χ3v) is 3.87. The molecule has 2 aromatic rings. The van der Waals surface area contributed by atoms with Crippen LogP contribution in [0.4, 0.5) is 5.69 Å². The van der Waals surface area contributed by atoms with E-state index in [1.807, 2.05) is 14.1 Å². The molecule has 1 heterocycles. The van der Waals surface area contributed by atoms with Gasteiger partial charge in [0.2, 0.25) is 0 Å². The number of hydrogen-bond acceptors (Lipinski definition) is 2. The fraction of sp³-hybridized carbons (Fsp3) is 0.357. The van der Waals surface area contributed by atoms with Crippen LogP contribution >= 0.6 is 11.6 Å². The lowest BCUT2D eigenvalue weighted by Crippen LogP contribution is -2.08. The van der Waals surface area contributed by atoms with Gasteiger partial charge in [0.05, 0.1) is 10.5 Å². The van der Waals surface area contributed by atoms with E-state index < -0.39 is 0 Å². The van der Waals surface area contributed by atoms with Gasteiger partial charge in [-0.3, -0.25) is 4.98 Å². The average Bonchev–Trinajstić information content (AvgIpc) is 2.77. The molecule has 0 saturated heterocycles. The number of fused-ring (bicyclic) bond motifs is 2. The van der Waals surface area contributed by atoms with Crippen molar-refractivity contribution in [3.63, 3.8) is 0 Å². The Bertz CT molecular complexity index is 590. The Labute approximate surface area is 106 Å². The lowest BCUT2D eigenvalue weighted by molar-refractivity contribution is 0.901. The molecule has 3 heteroatoms. The molecule has 1 aliphatic carbocycles.